The van der Waals surface area contributed by atoms with Gasteiger partial charge in [0.05, 0.1) is 13.5 Å². The van der Waals surface area contributed by atoms with Gasteiger partial charge in [-0.15, -0.1) is 0 Å². The topological polar surface area (TPSA) is 67.4 Å². The number of hydrogen-bond donors (Lipinski definition) is 2. The van der Waals surface area contributed by atoms with Crippen molar-refractivity contribution in [1.29, 1.82) is 0 Å². The van der Waals surface area contributed by atoms with Gasteiger partial charge >= 0.3 is 0 Å². The Bertz CT molecular complexity index is 530. The molecule has 1 aromatic carbocycles. The number of methoxy groups -OCH3 is 1. The quantitative estimate of drug-likeness (QED) is 0.738. The Labute approximate surface area is 122 Å². The van der Waals surface area contributed by atoms with E-state index in [2.05, 4.69) is 10.6 Å². The molecule has 0 radical (unpaired) electrons. The van der Waals surface area contributed by atoms with Gasteiger partial charge in [-0.3, -0.25) is 9.59 Å². The number of nitrogens with one attached hydrogen (secondary N) is 2. The molecule has 1 aliphatic carbocycles. The van der Waals surface area contributed by atoms with Crippen molar-refractivity contribution in [3.8, 4) is 5.75 Å². The van der Waals surface area contributed by atoms with Gasteiger partial charge in [-0.2, -0.15) is 0 Å². The number of carbonyl (C=O) groups excluding carboxylic acids is 2. The molecule has 1 saturated carbocycles. The standard InChI is InChI=1S/C15H19FN2O3/c1-21-13-5-2-10(8-12(13)16)9-14(19)17-6-7-18-15(20)11-3-4-11/h2,5,8,11H,3-4,6-7,9H2,1H3,(H,17,19)(H,18,20). The van der Waals surface area contributed by atoms with Crippen molar-refractivity contribution in [2.75, 3.05) is 20.2 Å². The molecule has 1 aromatic rings. The zero-order valence-corrected chi connectivity index (χ0v) is 11.9. The second-order valence-electron chi connectivity index (χ2n) is 5.06. The molecule has 2 N–H and O–H groups in total. The van der Waals surface area contributed by atoms with E-state index in [1.807, 2.05) is 0 Å². The fourth-order valence-corrected chi connectivity index (χ4v) is 1.95. The zero-order chi connectivity index (χ0) is 15.2. The molecule has 2 rings (SSSR count). The smallest absolute Gasteiger partial charge is 0.224 e. The summed E-state index contributed by atoms with van der Waals surface area (Å²) < 4.78 is 18.3. The van der Waals surface area contributed by atoms with E-state index in [4.69, 9.17) is 4.74 Å². The van der Waals surface area contributed by atoms with Gasteiger partial charge < -0.3 is 15.4 Å². The first-order valence-electron chi connectivity index (χ1n) is 6.97. The molecule has 0 aliphatic heterocycles. The monoisotopic (exact) mass is 294 g/mol. The molecular weight excluding hydrogens is 275 g/mol. The van der Waals surface area contributed by atoms with Crippen LogP contribution in [0.15, 0.2) is 18.2 Å². The van der Waals surface area contributed by atoms with Crippen LogP contribution in [0, 0.1) is 11.7 Å². The Morgan fingerprint density at radius 1 is 1.29 bits per heavy atom. The Hall–Kier alpha value is -2.11. The number of amides is 2. The Morgan fingerprint density at radius 2 is 2.00 bits per heavy atom. The van der Waals surface area contributed by atoms with Crippen molar-refractivity contribution in [2.45, 2.75) is 19.3 Å². The first-order chi connectivity index (χ1) is 10.1. The van der Waals surface area contributed by atoms with E-state index < -0.39 is 5.82 Å². The van der Waals surface area contributed by atoms with Crippen LogP contribution < -0.4 is 15.4 Å². The molecule has 0 atom stereocenters. The van der Waals surface area contributed by atoms with Crippen molar-refractivity contribution in [1.82, 2.24) is 10.6 Å². The van der Waals surface area contributed by atoms with E-state index >= 15 is 0 Å². The van der Waals surface area contributed by atoms with Crippen molar-refractivity contribution in [2.24, 2.45) is 5.92 Å². The fourth-order valence-electron chi connectivity index (χ4n) is 1.95. The summed E-state index contributed by atoms with van der Waals surface area (Å²) in [7, 11) is 1.39. The molecule has 1 fully saturated rings. The molecule has 0 aromatic heterocycles. The number of hydrogen-bond acceptors (Lipinski definition) is 3. The van der Waals surface area contributed by atoms with Gasteiger partial charge in [-0.1, -0.05) is 6.07 Å². The molecule has 1 aliphatic rings. The van der Waals surface area contributed by atoms with Crippen LogP contribution in [0.5, 0.6) is 5.75 Å². The van der Waals surface area contributed by atoms with Crippen LogP contribution in [0.3, 0.4) is 0 Å². The molecule has 5 nitrogen and oxygen atoms in total. The molecule has 6 heteroatoms. The lowest BCUT2D eigenvalue weighted by molar-refractivity contribution is -0.123. The first-order valence-corrected chi connectivity index (χ1v) is 6.97. The Balaban J connectivity index is 1.68. The number of halogens is 1. The minimum Gasteiger partial charge on any atom is -0.494 e. The number of carbonyl (C=O) groups is 2. The van der Waals surface area contributed by atoms with Gasteiger partial charge in [-0.25, -0.2) is 4.39 Å². The summed E-state index contributed by atoms with van der Waals surface area (Å²) in [5, 5.41) is 5.44. The Morgan fingerprint density at radius 3 is 2.62 bits per heavy atom. The van der Waals surface area contributed by atoms with Gasteiger partial charge in [0.25, 0.3) is 0 Å². The van der Waals surface area contributed by atoms with Crippen LogP contribution in [0.4, 0.5) is 4.39 Å². The van der Waals surface area contributed by atoms with Gasteiger partial charge in [-0.05, 0) is 30.5 Å². The van der Waals surface area contributed by atoms with E-state index in [0.29, 0.717) is 18.7 Å². The molecule has 0 bridgehead atoms. The second-order valence-corrected chi connectivity index (χ2v) is 5.06. The summed E-state index contributed by atoms with van der Waals surface area (Å²) in [6.45, 7) is 0.786. The highest BCUT2D eigenvalue weighted by atomic mass is 19.1. The van der Waals surface area contributed by atoms with Crippen molar-refractivity contribution >= 4 is 11.8 Å². The predicted molar refractivity (Wildman–Crippen MR) is 75.4 cm³/mol. The van der Waals surface area contributed by atoms with Gasteiger partial charge in [0.1, 0.15) is 0 Å². The van der Waals surface area contributed by atoms with Crippen molar-refractivity contribution in [3.63, 3.8) is 0 Å². The summed E-state index contributed by atoms with van der Waals surface area (Å²) in [5.41, 5.74) is 0.577. The molecule has 114 valence electrons. The summed E-state index contributed by atoms with van der Waals surface area (Å²) in [6.07, 6.45) is 2.01. The van der Waals surface area contributed by atoms with Crippen LogP contribution in [0.1, 0.15) is 18.4 Å². The van der Waals surface area contributed by atoms with Crippen LogP contribution in [-0.4, -0.2) is 32.0 Å². The average Bonchev–Trinajstić information content (AvgIpc) is 3.28. The van der Waals surface area contributed by atoms with Crippen LogP contribution in [0.2, 0.25) is 0 Å². The largest absolute Gasteiger partial charge is 0.494 e. The summed E-state index contributed by atoms with van der Waals surface area (Å²) in [4.78, 5) is 23.1. The van der Waals surface area contributed by atoms with E-state index in [0.717, 1.165) is 12.8 Å². The van der Waals surface area contributed by atoms with E-state index in [1.165, 1.54) is 19.2 Å². The Kier molecular flexibility index (Phi) is 5.14. The lowest BCUT2D eigenvalue weighted by Crippen LogP contribution is -2.35. The minimum absolute atomic E-state index is 0.0569. The summed E-state index contributed by atoms with van der Waals surface area (Å²) in [6, 6.07) is 4.43. The van der Waals surface area contributed by atoms with E-state index in [9.17, 15) is 14.0 Å². The highest BCUT2D eigenvalue weighted by Gasteiger charge is 2.28. The number of ether oxygens (including phenoxy) is 1. The lowest BCUT2D eigenvalue weighted by atomic mass is 10.1. The van der Waals surface area contributed by atoms with Gasteiger partial charge in [0, 0.05) is 19.0 Å². The van der Waals surface area contributed by atoms with Crippen molar-refractivity contribution < 1.29 is 18.7 Å². The second kappa shape index (κ2) is 7.06. The van der Waals surface area contributed by atoms with Crippen LogP contribution in [-0.2, 0) is 16.0 Å². The molecule has 0 spiro atoms. The third-order valence-electron chi connectivity index (χ3n) is 3.28. The number of benzene rings is 1. The van der Waals surface area contributed by atoms with Gasteiger partial charge in [0.2, 0.25) is 11.8 Å². The maximum atomic E-state index is 13.5. The van der Waals surface area contributed by atoms with Gasteiger partial charge in [0.15, 0.2) is 11.6 Å². The first kappa shape index (κ1) is 15.3. The van der Waals surface area contributed by atoms with E-state index in [-0.39, 0.29) is 29.9 Å². The average molecular weight is 294 g/mol. The third-order valence-corrected chi connectivity index (χ3v) is 3.28. The molecule has 0 unspecified atom stereocenters. The van der Waals surface area contributed by atoms with E-state index in [1.54, 1.807) is 6.07 Å². The number of rotatable bonds is 7. The fraction of sp³-hybridized carbons (Fsp3) is 0.467. The molecule has 0 heterocycles. The summed E-state index contributed by atoms with van der Waals surface area (Å²) >= 11 is 0. The summed E-state index contributed by atoms with van der Waals surface area (Å²) in [5.74, 6) is -0.314. The third kappa shape index (κ3) is 4.73. The highest BCUT2D eigenvalue weighted by molar-refractivity contribution is 5.81. The SMILES string of the molecule is COc1ccc(CC(=O)NCCNC(=O)C2CC2)cc1F. The molecule has 21 heavy (non-hydrogen) atoms. The predicted octanol–water partition coefficient (Wildman–Crippen LogP) is 1.02. The highest BCUT2D eigenvalue weighted by Crippen LogP contribution is 2.28. The molecular formula is C15H19FN2O3. The normalized spacial score (nSPS) is 13.6. The zero-order valence-electron chi connectivity index (χ0n) is 11.9. The van der Waals surface area contributed by atoms with Crippen LogP contribution in [0.25, 0.3) is 0 Å². The molecule has 2 amide bonds. The minimum atomic E-state index is -0.487. The lowest BCUT2D eigenvalue weighted by Gasteiger charge is -2.08. The maximum Gasteiger partial charge on any atom is 0.224 e. The molecule has 0 saturated heterocycles. The van der Waals surface area contributed by atoms with Crippen molar-refractivity contribution in [3.05, 3.63) is 29.6 Å². The van der Waals surface area contributed by atoms with Crippen LogP contribution >= 0.6 is 0 Å². The maximum absolute atomic E-state index is 13.5.